The van der Waals surface area contributed by atoms with Crippen LogP contribution in [0.5, 0.6) is 5.75 Å². The number of carbonyl (C=O) groups excluding carboxylic acids is 1. The van der Waals surface area contributed by atoms with Crippen molar-refractivity contribution in [2.75, 3.05) is 24.6 Å². The zero-order chi connectivity index (χ0) is 16.9. The minimum atomic E-state index is -0.130. The van der Waals surface area contributed by atoms with Crippen LogP contribution in [-0.2, 0) is 11.3 Å². The summed E-state index contributed by atoms with van der Waals surface area (Å²) in [6, 6.07) is 18.0. The number of rotatable bonds is 5. The maximum atomic E-state index is 12.8. The summed E-state index contributed by atoms with van der Waals surface area (Å²) in [7, 11) is 0. The molecule has 1 aliphatic heterocycles. The fraction of sp³-hybridized carbons (Fsp3) is 0.350. The summed E-state index contributed by atoms with van der Waals surface area (Å²) in [6.45, 7) is 6.94. The fourth-order valence-corrected chi connectivity index (χ4v) is 3.11. The predicted octanol–water partition coefficient (Wildman–Crippen LogP) is 3.32. The Morgan fingerprint density at radius 2 is 1.88 bits per heavy atom. The molecule has 0 bridgehead atoms. The third-order valence-electron chi connectivity index (χ3n) is 4.45. The average Bonchev–Trinajstić information content (AvgIpc) is 2.61. The third kappa shape index (κ3) is 3.60. The Hall–Kier alpha value is -2.33. The van der Waals surface area contributed by atoms with Gasteiger partial charge in [-0.05, 0) is 31.5 Å². The molecule has 1 fully saturated rings. The summed E-state index contributed by atoms with van der Waals surface area (Å²) in [4.78, 5) is 16.9. The normalized spacial score (nSPS) is 18.7. The second kappa shape index (κ2) is 7.49. The molecule has 1 aliphatic rings. The summed E-state index contributed by atoms with van der Waals surface area (Å²) >= 11 is 0. The van der Waals surface area contributed by atoms with Crippen molar-refractivity contribution in [3.63, 3.8) is 0 Å². The Morgan fingerprint density at radius 3 is 2.62 bits per heavy atom. The molecule has 0 aromatic heterocycles. The van der Waals surface area contributed by atoms with Crippen molar-refractivity contribution in [1.82, 2.24) is 4.90 Å². The van der Waals surface area contributed by atoms with Gasteiger partial charge in [0.2, 0.25) is 5.91 Å². The van der Waals surface area contributed by atoms with E-state index in [2.05, 4.69) is 17.0 Å². The molecule has 1 unspecified atom stereocenters. The third-order valence-corrected chi connectivity index (χ3v) is 4.45. The number of ether oxygens (including phenoxy) is 1. The van der Waals surface area contributed by atoms with Crippen molar-refractivity contribution < 1.29 is 9.53 Å². The fourth-order valence-electron chi connectivity index (χ4n) is 3.11. The molecular formula is C20H24N2O2. The number of hydrogen-bond acceptors (Lipinski definition) is 3. The smallest absolute Gasteiger partial charge is 0.244 e. The number of nitrogens with zero attached hydrogens (tertiary/aromatic N) is 2. The number of anilines is 1. The lowest BCUT2D eigenvalue weighted by molar-refractivity contribution is -0.125. The van der Waals surface area contributed by atoms with E-state index in [9.17, 15) is 4.79 Å². The zero-order valence-electron chi connectivity index (χ0n) is 14.3. The van der Waals surface area contributed by atoms with Crippen LogP contribution in [0.1, 0.15) is 19.4 Å². The monoisotopic (exact) mass is 324 g/mol. The van der Waals surface area contributed by atoms with Gasteiger partial charge >= 0.3 is 0 Å². The van der Waals surface area contributed by atoms with E-state index in [-0.39, 0.29) is 11.9 Å². The molecule has 1 heterocycles. The zero-order valence-corrected chi connectivity index (χ0v) is 14.3. The number of piperazine rings is 1. The maximum absolute atomic E-state index is 12.8. The molecule has 24 heavy (non-hydrogen) atoms. The number of benzene rings is 2. The van der Waals surface area contributed by atoms with E-state index in [0.29, 0.717) is 13.2 Å². The van der Waals surface area contributed by atoms with Crippen LogP contribution in [0.3, 0.4) is 0 Å². The van der Waals surface area contributed by atoms with Gasteiger partial charge in [0.1, 0.15) is 5.75 Å². The van der Waals surface area contributed by atoms with E-state index >= 15 is 0 Å². The first-order chi connectivity index (χ1) is 11.7. The Kier molecular flexibility index (Phi) is 5.16. The van der Waals surface area contributed by atoms with Crippen molar-refractivity contribution in [1.29, 1.82) is 0 Å². The SMILES string of the molecule is CCOc1cccc(N2CCN(Cc3ccccc3)C(C)C2=O)c1. The first kappa shape index (κ1) is 16.5. The van der Waals surface area contributed by atoms with E-state index < -0.39 is 0 Å². The Bertz CT molecular complexity index is 687. The van der Waals surface area contributed by atoms with Gasteiger partial charge in [-0.2, -0.15) is 0 Å². The minimum Gasteiger partial charge on any atom is -0.494 e. The summed E-state index contributed by atoms with van der Waals surface area (Å²) < 4.78 is 5.55. The van der Waals surface area contributed by atoms with Gasteiger partial charge in [-0.1, -0.05) is 36.4 Å². The lowest BCUT2D eigenvalue weighted by atomic mass is 10.1. The number of carbonyl (C=O) groups is 1. The van der Waals surface area contributed by atoms with Crippen LogP contribution in [-0.4, -0.2) is 36.5 Å². The van der Waals surface area contributed by atoms with Crippen molar-refractivity contribution in [3.05, 3.63) is 60.2 Å². The summed E-state index contributed by atoms with van der Waals surface area (Å²) in [6.07, 6.45) is 0. The molecular weight excluding hydrogens is 300 g/mol. The molecule has 2 aromatic rings. The van der Waals surface area contributed by atoms with Crippen LogP contribution < -0.4 is 9.64 Å². The van der Waals surface area contributed by atoms with Gasteiger partial charge in [-0.3, -0.25) is 9.69 Å². The first-order valence-electron chi connectivity index (χ1n) is 8.51. The number of amides is 1. The van der Waals surface area contributed by atoms with Crippen molar-refractivity contribution >= 4 is 11.6 Å². The Labute approximate surface area is 143 Å². The lowest BCUT2D eigenvalue weighted by Gasteiger charge is -2.39. The average molecular weight is 324 g/mol. The van der Waals surface area contributed by atoms with Crippen molar-refractivity contribution in [2.45, 2.75) is 26.4 Å². The van der Waals surface area contributed by atoms with E-state index in [1.165, 1.54) is 5.56 Å². The van der Waals surface area contributed by atoms with Crippen LogP contribution >= 0.6 is 0 Å². The minimum absolute atomic E-state index is 0.130. The number of hydrogen-bond donors (Lipinski definition) is 0. The van der Waals surface area contributed by atoms with Gasteiger partial charge in [-0.15, -0.1) is 0 Å². The van der Waals surface area contributed by atoms with Crippen molar-refractivity contribution in [3.8, 4) is 5.75 Å². The Morgan fingerprint density at radius 1 is 1.08 bits per heavy atom. The van der Waals surface area contributed by atoms with Gasteiger partial charge in [0.15, 0.2) is 0 Å². The van der Waals surface area contributed by atoms with Crippen LogP contribution in [0.15, 0.2) is 54.6 Å². The molecule has 0 aliphatic carbocycles. The highest BCUT2D eigenvalue weighted by Gasteiger charge is 2.32. The first-order valence-corrected chi connectivity index (χ1v) is 8.51. The molecule has 0 spiro atoms. The molecule has 2 aromatic carbocycles. The molecule has 4 nitrogen and oxygen atoms in total. The van der Waals surface area contributed by atoms with Gasteiger partial charge in [0, 0.05) is 31.4 Å². The summed E-state index contributed by atoms with van der Waals surface area (Å²) in [5.74, 6) is 0.952. The van der Waals surface area contributed by atoms with Crippen LogP contribution in [0.2, 0.25) is 0 Å². The molecule has 1 saturated heterocycles. The van der Waals surface area contributed by atoms with Gasteiger partial charge in [-0.25, -0.2) is 0 Å². The van der Waals surface area contributed by atoms with Gasteiger partial charge < -0.3 is 9.64 Å². The molecule has 126 valence electrons. The van der Waals surface area contributed by atoms with Crippen LogP contribution in [0.25, 0.3) is 0 Å². The molecule has 0 radical (unpaired) electrons. The predicted molar refractivity (Wildman–Crippen MR) is 96.3 cm³/mol. The van der Waals surface area contributed by atoms with Crippen LogP contribution in [0, 0.1) is 0 Å². The summed E-state index contributed by atoms with van der Waals surface area (Å²) in [5, 5.41) is 0. The van der Waals surface area contributed by atoms with Gasteiger partial charge in [0.05, 0.1) is 12.6 Å². The molecule has 1 atom stereocenters. The standard InChI is InChI=1S/C20H24N2O2/c1-3-24-19-11-7-10-18(14-19)22-13-12-21(16(2)20(22)23)15-17-8-5-4-6-9-17/h4-11,14,16H,3,12-13,15H2,1-2H3. The highest BCUT2D eigenvalue weighted by atomic mass is 16.5. The molecule has 0 saturated carbocycles. The second-order valence-electron chi connectivity index (χ2n) is 6.05. The largest absolute Gasteiger partial charge is 0.494 e. The van der Waals surface area contributed by atoms with Gasteiger partial charge in [0.25, 0.3) is 0 Å². The van der Waals surface area contributed by atoms with E-state index in [4.69, 9.17) is 4.74 Å². The second-order valence-corrected chi connectivity index (χ2v) is 6.05. The van der Waals surface area contributed by atoms with E-state index in [1.807, 2.05) is 61.2 Å². The molecule has 0 N–H and O–H groups in total. The highest BCUT2D eigenvalue weighted by Crippen LogP contribution is 2.25. The van der Waals surface area contributed by atoms with E-state index in [1.54, 1.807) is 0 Å². The molecule has 1 amide bonds. The molecule has 3 rings (SSSR count). The van der Waals surface area contributed by atoms with E-state index in [0.717, 1.165) is 24.5 Å². The topological polar surface area (TPSA) is 32.8 Å². The maximum Gasteiger partial charge on any atom is 0.244 e. The van der Waals surface area contributed by atoms with Crippen molar-refractivity contribution in [2.24, 2.45) is 0 Å². The van der Waals surface area contributed by atoms with Crippen LogP contribution in [0.4, 0.5) is 5.69 Å². The highest BCUT2D eigenvalue weighted by molar-refractivity contribution is 5.97. The Balaban J connectivity index is 1.71. The summed E-state index contributed by atoms with van der Waals surface area (Å²) in [5.41, 5.74) is 2.15. The quantitative estimate of drug-likeness (QED) is 0.846. The lowest BCUT2D eigenvalue weighted by Crippen LogP contribution is -2.55. The molecule has 4 heteroatoms.